The molecule has 0 bridgehead atoms. The fourth-order valence-corrected chi connectivity index (χ4v) is 2.35. The van der Waals surface area contributed by atoms with Gasteiger partial charge in [0.1, 0.15) is 17.7 Å². The average Bonchev–Trinajstić information content (AvgIpc) is 2.60. The summed E-state index contributed by atoms with van der Waals surface area (Å²) in [6.07, 6.45) is 10.3. The first-order valence-corrected chi connectivity index (χ1v) is 8.98. The molecule has 0 saturated carbocycles. The highest BCUT2D eigenvalue weighted by Crippen LogP contribution is 2.11. The number of terminal acetylenes is 1. The van der Waals surface area contributed by atoms with Gasteiger partial charge in [0.25, 0.3) is 0 Å². The number of benzene rings is 1. The van der Waals surface area contributed by atoms with Crippen molar-refractivity contribution < 1.29 is 18.4 Å². The molecule has 0 aliphatic heterocycles. The van der Waals surface area contributed by atoms with E-state index in [1.165, 1.54) is 6.08 Å². The van der Waals surface area contributed by atoms with E-state index in [1.807, 2.05) is 0 Å². The molecule has 0 heterocycles. The smallest absolute Gasteiger partial charge is 0.244 e. The van der Waals surface area contributed by atoms with Crippen molar-refractivity contribution in [1.82, 2.24) is 10.6 Å². The summed E-state index contributed by atoms with van der Waals surface area (Å²) in [5.41, 5.74) is 0.272. The fourth-order valence-electron chi connectivity index (χ4n) is 2.35. The van der Waals surface area contributed by atoms with E-state index >= 15 is 0 Å². The van der Waals surface area contributed by atoms with E-state index in [0.29, 0.717) is 12.3 Å². The Hall–Kier alpha value is -2.68. The SMILES string of the molecule is C#CCCNC(=O)[C@H](Cc1cc(F)cc(F)c1)NC(=O)/C=C/CC(C)CC. The molecule has 0 radical (unpaired) electrons. The van der Waals surface area contributed by atoms with Crippen LogP contribution in [0.2, 0.25) is 0 Å². The molecule has 0 spiro atoms. The standard InChI is InChI=1S/C21H26F2N2O2/c1-4-6-10-24-21(27)19(13-16-11-17(22)14-18(23)12-16)25-20(26)9-7-8-15(3)5-2/h1,7,9,11-12,14-15,19H,5-6,8,10,13H2,2-3H3,(H,24,27)(H,25,26)/b9-7+/t15?,19-/m0/s1. The zero-order valence-electron chi connectivity index (χ0n) is 15.7. The number of halogens is 2. The first kappa shape index (κ1) is 22.4. The summed E-state index contributed by atoms with van der Waals surface area (Å²) in [5.74, 6) is 0.474. The lowest BCUT2D eigenvalue weighted by Crippen LogP contribution is -2.47. The summed E-state index contributed by atoms with van der Waals surface area (Å²) in [6.45, 7) is 4.39. The number of rotatable bonds is 10. The Morgan fingerprint density at radius 2 is 1.93 bits per heavy atom. The van der Waals surface area contributed by atoms with Gasteiger partial charge in [-0.3, -0.25) is 9.59 Å². The molecule has 1 aromatic rings. The van der Waals surface area contributed by atoms with Gasteiger partial charge in [-0.05, 0) is 36.1 Å². The summed E-state index contributed by atoms with van der Waals surface area (Å²) in [7, 11) is 0. The first-order chi connectivity index (χ1) is 12.8. The molecule has 0 saturated heterocycles. The Morgan fingerprint density at radius 3 is 2.52 bits per heavy atom. The Balaban J connectivity index is 2.82. The zero-order chi connectivity index (χ0) is 20.2. The second kappa shape index (κ2) is 11.8. The summed E-state index contributed by atoms with van der Waals surface area (Å²) in [6, 6.07) is 2.05. The van der Waals surface area contributed by atoms with Crippen molar-refractivity contribution in [3.63, 3.8) is 0 Å². The normalized spacial score (nSPS) is 13.0. The summed E-state index contributed by atoms with van der Waals surface area (Å²) >= 11 is 0. The van der Waals surface area contributed by atoms with Crippen LogP contribution in [0.5, 0.6) is 0 Å². The third kappa shape index (κ3) is 9.00. The quantitative estimate of drug-likeness (QED) is 0.374. The molecule has 1 aromatic carbocycles. The van der Waals surface area contributed by atoms with Gasteiger partial charge in [-0.15, -0.1) is 12.3 Å². The second-order valence-electron chi connectivity index (χ2n) is 6.44. The molecule has 1 rings (SSSR count). The zero-order valence-corrected chi connectivity index (χ0v) is 15.7. The van der Waals surface area contributed by atoms with Crippen molar-refractivity contribution in [1.29, 1.82) is 0 Å². The van der Waals surface area contributed by atoms with E-state index in [1.54, 1.807) is 6.08 Å². The van der Waals surface area contributed by atoms with Crippen molar-refractivity contribution in [3.05, 3.63) is 47.5 Å². The second-order valence-corrected chi connectivity index (χ2v) is 6.44. The predicted octanol–water partition coefficient (Wildman–Crippen LogP) is 3.12. The third-order valence-electron chi connectivity index (χ3n) is 4.07. The summed E-state index contributed by atoms with van der Waals surface area (Å²) in [4.78, 5) is 24.5. The van der Waals surface area contributed by atoms with Gasteiger partial charge < -0.3 is 10.6 Å². The highest BCUT2D eigenvalue weighted by atomic mass is 19.1. The molecule has 0 aliphatic carbocycles. The van der Waals surface area contributed by atoms with E-state index in [2.05, 4.69) is 30.4 Å². The lowest BCUT2D eigenvalue weighted by Gasteiger charge is -2.18. The van der Waals surface area contributed by atoms with Crippen LogP contribution in [0.1, 0.15) is 38.7 Å². The lowest BCUT2D eigenvalue weighted by atomic mass is 10.0. The molecular formula is C21H26F2N2O2. The maximum Gasteiger partial charge on any atom is 0.244 e. The van der Waals surface area contributed by atoms with Gasteiger partial charge in [-0.1, -0.05) is 26.3 Å². The number of hydrogen-bond acceptors (Lipinski definition) is 2. The molecule has 1 unspecified atom stereocenters. The molecular weight excluding hydrogens is 350 g/mol. The van der Waals surface area contributed by atoms with Gasteiger partial charge in [0, 0.05) is 25.5 Å². The Kier molecular flexibility index (Phi) is 9.81. The number of amides is 2. The van der Waals surface area contributed by atoms with E-state index < -0.39 is 29.5 Å². The summed E-state index contributed by atoms with van der Waals surface area (Å²) in [5, 5.41) is 5.20. The molecule has 0 aromatic heterocycles. The van der Waals surface area contributed by atoms with E-state index in [-0.39, 0.29) is 18.5 Å². The van der Waals surface area contributed by atoms with Gasteiger partial charge in [-0.25, -0.2) is 8.78 Å². The first-order valence-electron chi connectivity index (χ1n) is 8.98. The Labute approximate surface area is 159 Å². The molecule has 2 N–H and O–H groups in total. The Bertz CT molecular complexity index is 690. The number of allylic oxidation sites excluding steroid dienone is 1. The molecule has 146 valence electrons. The minimum Gasteiger partial charge on any atom is -0.353 e. The van der Waals surface area contributed by atoms with Crippen LogP contribution in [0.3, 0.4) is 0 Å². The average molecular weight is 376 g/mol. The van der Waals surface area contributed by atoms with Crippen LogP contribution in [0.4, 0.5) is 8.78 Å². The van der Waals surface area contributed by atoms with Crippen LogP contribution in [0.15, 0.2) is 30.4 Å². The van der Waals surface area contributed by atoms with Gasteiger partial charge in [0.15, 0.2) is 0 Å². The van der Waals surface area contributed by atoms with Crippen LogP contribution < -0.4 is 10.6 Å². The van der Waals surface area contributed by atoms with Crippen molar-refractivity contribution >= 4 is 11.8 Å². The highest BCUT2D eigenvalue weighted by molar-refractivity contribution is 5.93. The van der Waals surface area contributed by atoms with Crippen LogP contribution in [-0.4, -0.2) is 24.4 Å². The Morgan fingerprint density at radius 1 is 1.26 bits per heavy atom. The minimum absolute atomic E-state index is 0.0402. The van der Waals surface area contributed by atoms with Gasteiger partial charge >= 0.3 is 0 Å². The highest BCUT2D eigenvalue weighted by Gasteiger charge is 2.20. The minimum atomic E-state index is -0.968. The van der Waals surface area contributed by atoms with Crippen molar-refractivity contribution in [2.75, 3.05) is 6.54 Å². The largest absolute Gasteiger partial charge is 0.353 e. The van der Waals surface area contributed by atoms with Crippen LogP contribution in [0, 0.1) is 29.9 Å². The number of nitrogens with one attached hydrogen (secondary N) is 2. The third-order valence-corrected chi connectivity index (χ3v) is 4.07. The van der Waals surface area contributed by atoms with E-state index in [9.17, 15) is 18.4 Å². The maximum atomic E-state index is 13.4. The topological polar surface area (TPSA) is 58.2 Å². The van der Waals surface area contributed by atoms with Gasteiger partial charge in [0.2, 0.25) is 11.8 Å². The van der Waals surface area contributed by atoms with Gasteiger partial charge in [-0.2, -0.15) is 0 Å². The van der Waals surface area contributed by atoms with Crippen molar-refractivity contribution in [3.8, 4) is 12.3 Å². The molecule has 2 atom stereocenters. The molecule has 6 heteroatoms. The van der Waals surface area contributed by atoms with Crippen molar-refractivity contribution in [2.45, 2.75) is 45.6 Å². The van der Waals surface area contributed by atoms with Gasteiger partial charge in [0.05, 0.1) is 0 Å². The number of carbonyl (C=O) groups is 2. The number of hydrogen-bond donors (Lipinski definition) is 2. The van der Waals surface area contributed by atoms with Crippen LogP contribution in [0.25, 0.3) is 0 Å². The molecule has 4 nitrogen and oxygen atoms in total. The summed E-state index contributed by atoms with van der Waals surface area (Å²) < 4.78 is 26.8. The fraction of sp³-hybridized carbons (Fsp3) is 0.429. The van der Waals surface area contributed by atoms with Crippen LogP contribution in [-0.2, 0) is 16.0 Å². The monoisotopic (exact) mass is 376 g/mol. The molecule has 27 heavy (non-hydrogen) atoms. The molecule has 2 amide bonds. The lowest BCUT2D eigenvalue weighted by molar-refractivity contribution is -0.127. The molecule has 0 aliphatic rings. The van der Waals surface area contributed by atoms with Crippen LogP contribution >= 0.6 is 0 Å². The van der Waals surface area contributed by atoms with E-state index in [4.69, 9.17) is 6.42 Å². The maximum absolute atomic E-state index is 13.4. The predicted molar refractivity (Wildman–Crippen MR) is 102 cm³/mol. The number of carbonyl (C=O) groups excluding carboxylic acids is 2. The van der Waals surface area contributed by atoms with E-state index in [0.717, 1.165) is 31.0 Å². The van der Waals surface area contributed by atoms with Crippen molar-refractivity contribution in [2.24, 2.45) is 5.92 Å². The molecule has 0 fully saturated rings.